The predicted octanol–water partition coefficient (Wildman–Crippen LogP) is 5.84. The van der Waals surface area contributed by atoms with Gasteiger partial charge in [0.15, 0.2) is 0 Å². The fraction of sp³-hybridized carbons (Fsp3) is 0.462. The maximum atomic E-state index is 13.4. The van der Waals surface area contributed by atoms with Crippen molar-refractivity contribution in [1.82, 2.24) is 10.2 Å². The maximum Gasteiger partial charge on any atom is 0.242 e. The smallest absolute Gasteiger partial charge is 0.242 e. The van der Waals surface area contributed by atoms with E-state index in [4.69, 9.17) is 34.8 Å². The van der Waals surface area contributed by atoms with E-state index >= 15 is 0 Å². The second-order valence-corrected chi connectivity index (χ2v) is 12.1. The van der Waals surface area contributed by atoms with Crippen LogP contribution in [0.5, 0.6) is 0 Å². The van der Waals surface area contributed by atoms with Crippen molar-refractivity contribution >= 4 is 62.3 Å². The van der Waals surface area contributed by atoms with Crippen LogP contribution in [0.25, 0.3) is 0 Å². The normalized spacial score (nSPS) is 12.2. The van der Waals surface area contributed by atoms with Gasteiger partial charge in [-0.1, -0.05) is 60.3 Å². The number of aryl methyl sites for hydroxylation is 1. The van der Waals surface area contributed by atoms with Gasteiger partial charge in [0.2, 0.25) is 21.8 Å². The molecule has 1 N–H and O–H groups in total. The van der Waals surface area contributed by atoms with Crippen molar-refractivity contribution in [2.45, 2.75) is 59.0 Å². The molecule has 7 nitrogen and oxygen atoms in total. The summed E-state index contributed by atoms with van der Waals surface area (Å²) in [6.45, 7) is 6.10. The standard InChI is InChI=1S/C26H34Cl3N3O4S/c1-5-6-14-30-26(34)19(3)31(17-21-22(28)9-7-10-23(21)29)25(33)11-8-15-32(37(4,35)36)24-16-20(27)13-12-18(24)2/h7,9-10,12-13,16,19H,5-6,8,11,14-15,17H2,1-4H3,(H,30,34). The number of benzene rings is 2. The minimum atomic E-state index is -3.63. The van der Waals surface area contributed by atoms with Gasteiger partial charge in [0.05, 0.1) is 11.9 Å². The quantitative estimate of drug-likeness (QED) is 0.297. The van der Waals surface area contributed by atoms with Gasteiger partial charge in [-0.3, -0.25) is 13.9 Å². The Morgan fingerprint density at radius 3 is 2.30 bits per heavy atom. The van der Waals surface area contributed by atoms with E-state index in [1.165, 1.54) is 9.21 Å². The number of rotatable bonds is 13. The van der Waals surface area contributed by atoms with Gasteiger partial charge in [0.25, 0.3) is 0 Å². The number of hydrogen-bond acceptors (Lipinski definition) is 4. The number of carbonyl (C=O) groups excluding carboxylic acids is 2. The second-order valence-electron chi connectivity index (χ2n) is 8.91. The van der Waals surface area contributed by atoms with E-state index in [2.05, 4.69) is 5.32 Å². The number of halogens is 3. The lowest BCUT2D eigenvalue weighted by Crippen LogP contribution is -2.48. The van der Waals surface area contributed by atoms with E-state index < -0.39 is 16.1 Å². The van der Waals surface area contributed by atoms with Crippen LogP contribution in [0.1, 0.15) is 50.7 Å². The Labute approximate surface area is 235 Å². The van der Waals surface area contributed by atoms with Gasteiger partial charge in [-0.05, 0) is 56.5 Å². The van der Waals surface area contributed by atoms with Crippen molar-refractivity contribution < 1.29 is 18.0 Å². The summed E-state index contributed by atoms with van der Waals surface area (Å²) >= 11 is 18.8. The van der Waals surface area contributed by atoms with E-state index in [9.17, 15) is 18.0 Å². The first-order valence-corrected chi connectivity index (χ1v) is 15.1. The lowest BCUT2D eigenvalue weighted by molar-refractivity contribution is -0.140. The number of unbranched alkanes of at least 4 members (excludes halogenated alkanes) is 1. The fourth-order valence-electron chi connectivity index (χ4n) is 3.81. The number of carbonyl (C=O) groups is 2. The molecule has 2 aromatic rings. The summed E-state index contributed by atoms with van der Waals surface area (Å²) in [6, 6.07) is 9.30. The third-order valence-corrected chi connectivity index (χ3v) is 8.10. The Morgan fingerprint density at radius 2 is 1.70 bits per heavy atom. The Morgan fingerprint density at radius 1 is 1.05 bits per heavy atom. The zero-order chi connectivity index (χ0) is 27.8. The fourth-order valence-corrected chi connectivity index (χ4v) is 5.50. The number of amides is 2. The average Bonchev–Trinajstić information content (AvgIpc) is 2.82. The molecule has 11 heteroatoms. The summed E-state index contributed by atoms with van der Waals surface area (Å²) in [6.07, 6.45) is 3.11. The highest BCUT2D eigenvalue weighted by Crippen LogP contribution is 2.28. The van der Waals surface area contributed by atoms with Crippen molar-refractivity contribution in [3.05, 3.63) is 62.6 Å². The van der Waals surface area contributed by atoms with Crippen LogP contribution in [0.15, 0.2) is 36.4 Å². The number of nitrogens with one attached hydrogen (secondary N) is 1. The van der Waals surface area contributed by atoms with Gasteiger partial charge in [0, 0.05) is 46.7 Å². The van der Waals surface area contributed by atoms with Crippen LogP contribution in [-0.4, -0.2) is 50.5 Å². The van der Waals surface area contributed by atoms with E-state index in [0.717, 1.165) is 24.7 Å². The first-order chi connectivity index (χ1) is 17.4. The summed E-state index contributed by atoms with van der Waals surface area (Å²) in [5.41, 5.74) is 1.75. The molecule has 0 aliphatic carbocycles. The molecule has 204 valence electrons. The van der Waals surface area contributed by atoms with Gasteiger partial charge in [0.1, 0.15) is 6.04 Å². The molecule has 0 saturated heterocycles. The molecule has 0 aromatic heterocycles. The molecule has 0 spiro atoms. The molecular formula is C26H34Cl3N3O4S. The van der Waals surface area contributed by atoms with E-state index in [1.807, 2.05) is 6.92 Å². The minimum Gasteiger partial charge on any atom is -0.354 e. The van der Waals surface area contributed by atoms with Crippen molar-refractivity contribution in [2.75, 3.05) is 23.7 Å². The van der Waals surface area contributed by atoms with Crippen LogP contribution in [0, 0.1) is 6.92 Å². The summed E-state index contributed by atoms with van der Waals surface area (Å²) in [5, 5.41) is 4.06. The third kappa shape index (κ3) is 9.06. The van der Waals surface area contributed by atoms with Gasteiger partial charge in [-0.15, -0.1) is 0 Å². The molecule has 0 radical (unpaired) electrons. The topological polar surface area (TPSA) is 86.8 Å². The molecule has 0 bridgehead atoms. The molecule has 0 saturated carbocycles. The van der Waals surface area contributed by atoms with Crippen LogP contribution in [0.3, 0.4) is 0 Å². The van der Waals surface area contributed by atoms with Crippen LogP contribution in [0.4, 0.5) is 5.69 Å². The zero-order valence-corrected chi connectivity index (χ0v) is 24.6. The lowest BCUT2D eigenvalue weighted by Gasteiger charge is -2.30. The molecule has 1 unspecified atom stereocenters. The highest BCUT2D eigenvalue weighted by atomic mass is 35.5. The van der Waals surface area contributed by atoms with Crippen LogP contribution < -0.4 is 9.62 Å². The van der Waals surface area contributed by atoms with Gasteiger partial charge >= 0.3 is 0 Å². The molecule has 0 fully saturated rings. The number of anilines is 1. The van der Waals surface area contributed by atoms with Gasteiger partial charge < -0.3 is 10.2 Å². The monoisotopic (exact) mass is 589 g/mol. The zero-order valence-electron chi connectivity index (χ0n) is 21.6. The Kier molecular flexibility index (Phi) is 12.0. The largest absolute Gasteiger partial charge is 0.354 e. The summed E-state index contributed by atoms with van der Waals surface area (Å²) in [4.78, 5) is 27.7. The molecule has 1 atom stereocenters. The SMILES string of the molecule is CCCCNC(=O)C(C)N(Cc1c(Cl)cccc1Cl)C(=O)CCCN(c1cc(Cl)ccc1C)S(C)(=O)=O. The van der Waals surface area contributed by atoms with Gasteiger partial charge in [-0.25, -0.2) is 8.42 Å². The molecule has 0 aliphatic heterocycles. The van der Waals surface area contributed by atoms with Crippen molar-refractivity contribution in [2.24, 2.45) is 0 Å². The van der Waals surface area contributed by atoms with E-state index in [0.29, 0.717) is 32.9 Å². The third-order valence-electron chi connectivity index (χ3n) is 5.98. The highest BCUT2D eigenvalue weighted by Gasteiger charge is 2.28. The van der Waals surface area contributed by atoms with E-state index in [1.54, 1.807) is 50.2 Å². The van der Waals surface area contributed by atoms with Gasteiger partial charge in [-0.2, -0.15) is 0 Å². The molecule has 37 heavy (non-hydrogen) atoms. The average molecular weight is 591 g/mol. The number of nitrogens with zero attached hydrogens (tertiary/aromatic N) is 2. The summed E-state index contributed by atoms with van der Waals surface area (Å²) in [7, 11) is -3.63. The molecule has 2 amide bonds. The summed E-state index contributed by atoms with van der Waals surface area (Å²) < 4.78 is 26.3. The number of hydrogen-bond donors (Lipinski definition) is 1. The van der Waals surface area contributed by atoms with E-state index in [-0.39, 0.29) is 37.7 Å². The molecule has 0 heterocycles. The van der Waals surface area contributed by atoms with Crippen LogP contribution >= 0.6 is 34.8 Å². The Hall–Kier alpha value is -2.00. The first-order valence-electron chi connectivity index (χ1n) is 12.1. The molecule has 0 aliphatic rings. The van der Waals surface area contributed by atoms with Crippen LogP contribution in [0.2, 0.25) is 15.1 Å². The number of sulfonamides is 1. The highest BCUT2D eigenvalue weighted by molar-refractivity contribution is 7.92. The first kappa shape index (κ1) is 31.2. The van der Waals surface area contributed by atoms with Crippen molar-refractivity contribution in [3.63, 3.8) is 0 Å². The Balaban J connectivity index is 2.23. The predicted molar refractivity (Wildman–Crippen MR) is 152 cm³/mol. The summed E-state index contributed by atoms with van der Waals surface area (Å²) in [5.74, 6) is -0.595. The molecule has 2 rings (SSSR count). The Bertz CT molecular complexity index is 1190. The minimum absolute atomic E-state index is 0.0142. The van der Waals surface area contributed by atoms with Crippen LogP contribution in [-0.2, 0) is 26.2 Å². The molecule has 2 aromatic carbocycles. The van der Waals surface area contributed by atoms with Crippen molar-refractivity contribution in [3.8, 4) is 0 Å². The molecular weight excluding hydrogens is 557 g/mol. The lowest BCUT2D eigenvalue weighted by atomic mass is 10.1. The maximum absolute atomic E-state index is 13.4. The van der Waals surface area contributed by atoms with Crippen molar-refractivity contribution in [1.29, 1.82) is 0 Å². The second kappa shape index (κ2) is 14.2.